The predicted molar refractivity (Wildman–Crippen MR) is 267 cm³/mol. The van der Waals surface area contributed by atoms with Crippen LogP contribution in [-0.2, 0) is 10.8 Å². The van der Waals surface area contributed by atoms with Crippen molar-refractivity contribution in [1.82, 2.24) is 14.5 Å². The molecule has 3 aliphatic rings. The fraction of sp³-hybridized carbons (Fsp3) is 0.0645. The van der Waals surface area contributed by atoms with Gasteiger partial charge in [0.25, 0.3) is 0 Å². The summed E-state index contributed by atoms with van der Waals surface area (Å²) >= 11 is 0. The van der Waals surface area contributed by atoms with Crippen LogP contribution in [0.1, 0.15) is 47.2 Å². The topological polar surface area (TPSA) is 30.7 Å². The summed E-state index contributed by atoms with van der Waals surface area (Å²) in [5, 5.41) is 2.57. The molecule has 0 radical (unpaired) electrons. The van der Waals surface area contributed by atoms with Gasteiger partial charge < -0.3 is 4.57 Å². The molecule has 9 aromatic carbocycles. The molecular weight excluding hydrogens is 787 g/mol. The summed E-state index contributed by atoms with van der Waals surface area (Å²) in [6.07, 6.45) is 0. The number of fused-ring (bicyclic) bond motifs is 15. The fourth-order valence-corrected chi connectivity index (χ4v) is 11.9. The number of hydrogen-bond donors (Lipinski definition) is 0. The number of nitrogens with zero attached hydrogens (tertiary/aromatic N) is 3. The third-order valence-electron chi connectivity index (χ3n) is 14.8. The molecule has 3 nitrogen and oxygen atoms in total. The van der Waals surface area contributed by atoms with Crippen LogP contribution in [0.15, 0.2) is 212 Å². The van der Waals surface area contributed by atoms with Crippen LogP contribution in [0.5, 0.6) is 0 Å². The number of rotatable bonds is 4. The van der Waals surface area contributed by atoms with Crippen LogP contribution in [0, 0.1) is 0 Å². The third kappa shape index (κ3) is 4.90. The molecule has 0 N–H and O–H groups in total. The van der Waals surface area contributed by atoms with E-state index in [1.54, 1.807) is 0 Å². The minimum absolute atomic E-state index is 0.120. The van der Waals surface area contributed by atoms with Crippen molar-refractivity contribution >= 4 is 21.8 Å². The van der Waals surface area contributed by atoms with Gasteiger partial charge >= 0.3 is 0 Å². The standard InChI is InChI=1S/C62H41N3/c1-61(2)49-21-9-6-17-43(49)45-34-32-42(36-53(45)61)60-63-55(39-15-4-3-5-16-39)37-56(64-60)40-29-27-38(28-30-40)41-31-33-46-44-18-7-10-22-50(44)62(54(46)35-41)51-23-11-13-26-58(51)65-57-25-12-8-19-47(57)48-20-14-24-52(62)59(48)65/h3-37H,1-2H3. The van der Waals surface area contributed by atoms with Crippen molar-refractivity contribution < 1.29 is 0 Å². The highest BCUT2D eigenvalue weighted by Gasteiger charge is 2.51. The zero-order valence-corrected chi connectivity index (χ0v) is 36.0. The van der Waals surface area contributed by atoms with Crippen molar-refractivity contribution in [3.05, 3.63) is 246 Å². The number of para-hydroxylation sites is 3. The van der Waals surface area contributed by atoms with Crippen LogP contribution < -0.4 is 0 Å². The highest BCUT2D eigenvalue weighted by molar-refractivity contribution is 6.13. The average molecular weight is 828 g/mol. The smallest absolute Gasteiger partial charge is 0.160 e. The fourth-order valence-electron chi connectivity index (χ4n) is 11.9. The maximum Gasteiger partial charge on any atom is 0.160 e. The van der Waals surface area contributed by atoms with Gasteiger partial charge in [-0.25, -0.2) is 9.97 Å². The van der Waals surface area contributed by atoms with Gasteiger partial charge in [0, 0.05) is 32.9 Å². The van der Waals surface area contributed by atoms with Gasteiger partial charge in [0.2, 0.25) is 0 Å². The van der Waals surface area contributed by atoms with Gasteiger partial charge in [-0.15, -0.1) is 0 Å². The van der Waals surface area contributed by atoms with Gasteiger partial charge in [0.1, 0.15) is 0 Å². The minimum Gasteiger partial charge on any atom is -0.309 e. The lowest BCUT2D eigenvalue weighted by molar-refractivity contribution is 0.660. The van der Waals surface area contributed by atoms with Gasteiger partial charge in [0.05, 0.1) is 33.5 Å². The Morgan fingerprint density at radius 1 is 0.354 bits per heavy atom. The predicted octanol–water partition coefficient (Wildman–Crippen LogP) is 15.2. The Balaban J connectivity index is 0.911. The minimum atomic E-state index is -0.497. The van der Waals surface area contributed by atoms with Crippen molar-refractivity contribution in [2.75, 3.05) is 0 Å². The maximum atomic E-state index is 5.31. The van der Waals surface area contributed by atoms with E-state index in [0.717, 1.165) is 39.5 Å². The maximum absolute atomic E-state index is 5.31. The van der Waals surface area contributed by atoms with Gasteiger partial charge in [-0.2, -0.15) is 0 Å². The highest BCUT2D eigenvalue weighted by atomic mass is 15.0. The van der Waals surface area contributed by atoms with Crippen LogP contribution in [0.25, 0.3) is 94.8 Å². The largest absolute Gasteiger partial charge is 0.309 e. The molecular formula is C62H41N3. The first-order valence-corrected chi connectivity index (χ1v) is 22.7. The van der Waals surface area contributed by atoms with Crippen molar-refractivity contribution in [1.29, 1.82) is 0 Å². The summed E-state index contributed by atoms with van der Waals surface area (Å²) in [5.41, 5.74) is 23.6. The molecule has 1 aliphatic heterocycles. The van der Waals surface area contributed by atoms with E-state index in [9.17, 15) is 0 Å². The van der Waals surface area contributed by atoms with E-state index in [1.165, 1.54) is 88.7 Å². The van der Waals surface area contributed by atoms with Gasteiger partial charge in [-0.05, 0) is 97.1 Å². The van der Waals surface area contributed by atoms with Crippen LogP contribution in [0.3, 0.4) is 0 Å². The molecule has 65 heavy (non-hydrogen) atoms. The van der Waals surface area contributed by atoms with Crippen LogP contribution in [0.2, 0.25) is 0 Å². The molecule has 0 saturated heterocycles. The Bertz CT molecular complexity index is 3800. The molecule has 11 aromatic rings. The van der Waals surface area contributed by atoms with E-state index in [2.05, 4.69) is 231 Å². The monoisotopic (exact) mass is 827 g/mol. The molecule has 3 heterocycles. The molecule has 0 bridgehead atoms. The lowest BCUT2D eigenvalue weighted by Gasteiger charge is -2.39. The molecule has 1 spiro atoms. The van der Waals surface area contributed by atoms with Crippen LogP contribution in [-0.4, -0.2) is 14.5 Å². The molecule has 0 saturated carbocycles. The summed E-state index contributed by atoms with van der Waals surface area (Å²) < 4.78 is 2.51. The summed E-state index contributed by atoms with van der Waals surface area (Å²) in [4.78, 5) is 10.5. The first-order valence-electron chi connectivity index (χ1n) is 22.7. The van der Waals surface area contributed by atoms with Crippen LogP contribution >= 0.6 is 0 Å². The second kappa shape index (κ2) is 13.2. The first kappa shape index (κ1) is 36.4. The lowest BCUT2D eigenvalue weighted by Crippen LogP contribution is -2.33. The zero-order valence-electron chi connectivity index (χ0n) is 36.0. The molecule has 304 valence electrons. The van der Waals surface area contributed by atoms with Gasteiger partial charge in [-0.3, -0.25) is 0 Å². The molecule has 2 aliphatic carbocycles. The van der Waals surface area contributed by atoms with Crippen LogP contribution in [0.4, 0.5) is 0 Å². The third-order valence-corrected chi connectivity index (χ3v) is 14.8. The van der Waals surface area contributed by atoms with Crippen molar-refractivity contribution in [3.8, 4) is 73.0 Å². The Morgan fingerprint density at radius 3 is 1.69 bits per heavy atom. The van der Waals surface area contributed by atoms with E-state index in [0.29, 0.717) is 0 Å². The van der Waals surface area contributed by atoms with Crippen molar-refractivity contribution in [2.24, 2.45) is 0 Å². The normalized spacial score (nSPS) is 15.7. The second-order valence-electron chi connectivity index (χ2n) is 18.5. The first-order chi connectivity index (χ1) is 32.0. The molecule has 1 unspecified atom stereocenters. The molecule has 1 atom stereocenters. The quantitative estimate of drug-likeness (QED) is 0.177. The Morgan fingerprint density at radius 2 is 0.892 bits per heavy atom. The Hall–Kier alpha value is -8.14. The summed E-state index contributed by atoms with van der Waals surface area (Å²) in [6.45, 7) is 4.65. The SMILES string of the molecule is CC1(C)c2ccccc2-c2ccc(-c3nc(-c4ccccc4)cc(-c4ccc(-c5ccc6c(c5)C5(c7ccccc7-6)c6ccccc6-n6c7ccccc7c7cccc5c76)cc4)n3)cc21. The summed E-state index contributed by atoms with van der Waals surface area (Å²) in [6, 6.07) is 78.2. The van der Waals surface area contributed by atoms with Crippen molar-refractivity contribution in [2.45, 2.75) is 24.7 Å². The Kier molecular flexibility index (Phi) is 7.38. The second-order valence-corrected chi connectivity index (χ2v) is 18.5. The average Bonchev–Trinajstić information content (AvgIpc) is 3.95. The molecule has 2 aromatic heterocycles. The highest BCUT2D eigenvalue weighted by Crippen LogP contribution is 2.61. The lowest BCUT2D eigenvalue weighted by atomic mass is 9.65. The molecule has 0 fully saturated rings. The summed E-state index contributed by atoms with van der Waals surface area (Å²) in [5.74, 6) is 0.727. The van der Waals surface area contributed by atoms with Gasteiger partial charge in [0.15, 0.2) is 5.82 Å². The molecule has 14 rings (SSSR count). The number of benzene rings is 9. The van der Waals surface area contributed by atoms with E-state index in [1.807, 2.05) is 0 Å². The number of hydrogen-bond acceptors (Lipinski definition) is 2. The molecule has 0 amide bonds. The zero-order chi connectivity index (χ0) is 43.0. The summed E-state index contributed by atoms with van der Waals surface area (Å²) in [7, 11) is 0. The Labute approximate surface area is 378 Å². The molecule has 3 heteroatoms. The van der Waals surface area contributed by atoms with Gasteiger partial charge in [-0.1, -0.05) is 196 Å². The van der Waals surface area contributed by atoms with Crippen molar-refractivity contribution in [3.63, 3.8) is 0 Å². The van der Waals surface area contributed by atoms with E-state index < -0.39 is 5.41 Å². The van der Waals surface area contributed by atoms with E-state index >= 15 is 0 Å². The van der Waals surface area contributed by atoms with E-state index in [4.69, 9.17) is 9.97 Å². The van der Waals surface area contributed by atoms with E-state index in [-0.39, 0.29) is 5.41 Å². The number of aromatic nitrogens is 3.